The molecular weight excluding hydrogens is 1410 g/mol. The van der Waals surface area contributed by atoms with Crippen molar-refractivity contribution in [3.8, 4) is 0 Å². The van der Waals surface area contributed by atoms with Gasteiger partial charge in [-0.3, -0.25) is 48.7 Å². The van der Waals surface area contributed by atoms with Crippen molar-refractivity contribution in [2.45, 2.75) is 240 Å². The summed E-state index contributed by atoms with van der Waals surface area (Å²) in [7, 11) is 0. The molecular formula is C85H122N20O7. The minimum Gasteiger partial charge on any atom is -0.368 e. The highest BCUT2D eigenvalue weighted by Gasteiger charge is 2.22. The molecule has 27 heteroatoms. The van der Waals surface area contributed by atoms with Crippen LogP contribution in [0.1, 0.15) is 261 Å². The van der Waals surface area contributed by atoms with Crippen LogP contribution in [0.5, 0.6) is 0 Å². The van der Waals surface area contributed by atoms with Gasteiger partial charge in [0.25, 0.3) is 11.5 Å². The van der Waals surface area contributed by atoms with E-state index in [-0.39, 0.29) is 48.2 Å². The summed E-state index contributed by atoms with van der Waals surface area (Å²) in [6, 6.07) is 19.8. The molecule has 0 atom stereocenters. The maximum atomic E-state index is 11.4. The summed E-state index contributed by atoms with van der Waals surface area (Å²) in [6.45, 7) is 55.8. The highest BCUT2D eigenvalue weighted by Crippen LogP contribution is 2.23. The topological polar surface area (TPSA) is 384 Å². The summed E-state index contributed by atoms with van der Waals surface area (Å²) in [5, 5.41) is 2.74. The number of amides is 3. The number of aromatic amines is 5. The number of nitrogens with one attached hydrogen (secondary N) is 6. The molecule has 0 aliphatic carbocycles. The number of para-hydroxylation sites is 2. The summed E-state index contributed by atoms with van der Waals surface area (Å²) in [6.07, 6.45) is 17.1. The number of aryl methyl sites for hydroxylation is 5. The van der Waals surface area contributed by atoms with Crippen LogP contribution in [0.3, 0.4) is 0 Å². The van der Waals surface area contributed by atoms with Gasteiger partial charge in [0.05, 0.1) is 67.9 Å². The zero-order chi connectivity index (χ0) is 84.0. The van der Waals surface area contributed by atoms with Crippen molar-refractivity contribution in [1.29, 1.82) is 0 Å². The molecule has 0 unspecified atom stereocenters. The summed E-state index contributed by atoms with van der Waals surface area (Å²) < 4.78 is 5.64. The molecule has 0 bridgehead atoms. The number of nitrogens with zero attached hydrogens (tertiary/aromatic N) is 12. The molecule has 3 amide bonds. The Kier molecular flexibility index (Phi) is 37.3. The lowest BCUT2D eigenvalue weighted by molar-refractivity contribution is -0.119. The molecule has 8 aromatic heterocycles. The van der Waals surface area contributed by atoms with Crippen molar-refractivity contribution in [3.63, 3.8) is 0 Å². The third-order valence-corrected chi connectivity index (χ3v) is 17.5. The van der Waals surface area contributed by atoms with Gasteiger partial charge in [-0.15, -0.1) is 0 Å². The number of hydrogen-bond donors (Lipinski definition) is 8. The van der Waals surface area contributed by atoms with Crippen molar-refractivity contribution in [2.75, 3.05) is 6.54 Å². The average molecular weight is 1540 g/mol. The van der Waals surface area contributed by atoms with Gasteiger partial charge in [-0.25, -0.2) is 29.7 Å². The number of rotatable bonds is 16. The summed E-state index contributed by atoms with van der Waals surface area (Å²) >= 11 is 0. The Bertz CT molecular complexity index is 5030. The highest BCUT2D eigenvalue weighted by atomic mass is 16.2. The lowest BCUT2D eigenvalue weighted by Gasteiger charge is -2.28. The first-order chi connectivity index (χ1) is 52.7. The van der Waals surface area contributed by atoms with Crippen LogP contribution >= 0.6 is 0 Å². The van der Waals surface area contributed by atoms with Crippen molar-refractivity contribution < 1.29 is 14.4 Å². The van der Waals surface area contributed by atoms with E-state index in [4.69, 9.17) is 11.5 Å². The lowest BCUT2D eigenvalue weighted by atomic mass is 10.0. The number of primary amides is 2. The van der Waals surface area contributed by atoms with Crippen LogP contribution in [-0.2, 0) is 40.4 Å². The molecule has 604 valence electrons. The minimum atomic E-state index is -0.611. The summed E-state index contributed by atoms with van der Waals surface area (Å²) in [5.41, 5.74) is 23.9. The highest BCUT2D eigenvalue weighted by molar-refractivity contribution is 5.95. The Hall–Kier alpha value is -11.5. The van der Waals surface area contributed by atoms with Crippen molar-refractivity contribution >= 4 is 50.8 Å². The maximum absolute atomic E-state index is 11.4. The number of H-pyrrole nitrogens is 5. The van der Waals surface area contributed by atoms with Gasteiger partial charge in [-0.1, -0.05) is 162 Å². The second kappa shape index (κ2) is 45.0. The molecule has 12 rings (SSSR count). The van der Waals surface area contributed by atoms with Crippen molar-refractivity contribution in [2.24, 2.45) is 17.4 Å². The molecule has 10 N–H and O–H groups in total. The molecule has 0 radical (unpaired) electrons. The van der Waals surface area contributed by atoms with E-state index in [1.165, 1.54) is 28.8 Å². The summed E-state index contributed by atoms with van der Waals surface area (Å²) in [5.74, 6) is 6.64. The smallest absolute Gasteiger partial charge is 0.325 e. The lowest BCUT2D eigenvalue weighted by Crippen LogP contribution is -2.39. The average Bonchev–Trinajstić information content (AvgIpc) is 1.28. The fourth-order valence-electron chi connectivity index (χ4n) is 10.7. The predicted octanol–water partition coefficient (Wildman–Crippen LogP) is 14.5. The third-order valence-electron chi connectivity index (χ3n) is 17.5. The fourth-order valence-corrected chi connectivity index (χ4v) is 10.7. The normalized spacial score (nSPS) is 11.7. The van der Waals surface area contributed by atoms with Gasteiger partial charge in [0.2, 0.25) is 11.8 Å². The van der Waals surface area contributed by atoms with Crippen LogP contribution in [-0.4, -0.2) is 108 Å². The number of benzene rings is 3. The van der Waals surface area contributed by atoms with Crippen LogP contribution in [0.2, 0.25) is 0 Å². The van der Waals surface area contributed by atoms with Gasteiger partial charge in [-0.05, 0) is 135 Å². The predicted molar refractivity (Wildman–Crippen MR) is 450 cm³/mol. The van der Waals surface area contributed by atoms with Crippen LogP contribution in [0.25, 0.3) is 33.1 Å². The molecule has 112 heavy (non-hydrogen) atoms. The van der Waals surface area contributed by atoms with Crippen LogP contribution in [0.4, 0.5) is 0 Å². The van der Waals surface area contributed by atoms with Crippen LogP contribution < -0.4 is 39.2 Å². The number of imidazole rings is 4. The van der Waals surface area contributed by atoms with Gasteiger partial charge < -0.3 is 55.3 Å². The molecule has 3 aromatic carbocycles. The summed E-state index contributed by atoms with van der Waals surface area (Å²) in [4.78, 5) is 126. The number of fused-ring (bicyclic) bond motifs is 3. The monoisotopic (exact) mass is 1530 g/mol. The molecule has 0 fully saturated rings. The van der Waals surface area contributed by atoms with Gasteiger partial charge >= 0.3 is 16.8 Å². The molecule has 0 saturated carbocycles. The second-order valence-electron chi connectivity index (χ2n) is 29.8. The minimum absolute atomic E-state index is 0.0234. The molecule has 11 aromatic rings. The van der Waals surface area contributed by atoms with E-state index in [9.17, 15) is 33.6 Å². The SMILES string of the molecule is C=C1NC(=O)C(C(C)C)=CN1CC.CC(C)c1c[nH]c(=O)[nH]c1=O.CC(C)c1ccc2[nH]c(=O)c(=O)[nH]c2c1.CC(C)c1ccc2nccnc2c1.CC(C)c1cn(CC(N)=O)cn1.CC(C)c1cnc2ccccc2n1.CCc1nc(C(C)C)c(C)[nH]1.CCn1cc(C(C)C)nc1C.Cc1nc(C(C)C)cn1CC(N)=O. The second-order valence-corrected chi connectivity index (χ2v) is 29.8. The zero-order valence-electron chi connectivity index (χ0n) is 70.3. The zero-order valence-corrected chi connectivity index (χ0v) is 70.3. The number of carbonyl (C=O) groups excluding carboxylic acids is 3. The van der Waals surface area contributed by atoms with Crippen LogP contribution in [0, 0.1) is 26.7 Å². The van der Waals surface area contributed by atoms with E-state index in [1.807, 2.05) is 120 Å². The molecule has 0 saturated heterocycles. The number of hydrogen-bond acceptors (Lipinski definition) is 16. The quantitative estimate of drug-likeness (QED) is 0.0417. The van der Waals surface area contributed by atoms with E-state index in [0.29, 0.717) is 63.8 Å². The standard InChI is InChI=1S/C11H12N2O2.2C11H12N2.C10H16N2O.C9H15N3O.2C9H16N2.C8H13N3O.C7H10N2O2/c1-6(2)7-3-4-8-9(5-7)13-11(15)10(14)12-8;1-8(2)9-3-4-10-11(7-9)13-6-5-12-10;1-8(2)11-7-12-9-5-3-4-6-10(9)13-11;1-5-12-6-9(7(2)3)10(13)11-8(12)4;1-6(2)8-4-12(5-9(10)13)7(3)11-8;1-5-11-6-9(7(2)3)10-8(11)4;1-5-8-10-7(4)9(11-8)6(2)3;1-6(2)7-3-11(5-10-7)4-8(9)12;1-4(2)5-3-8-7(11)9-6(5)10/h3-6H,1-2H3,(H,12,14)(H,13,15);2*3-8H,1-2H3;6-7H,4-5H2,1-3H3,(H,11,13);4,6H,5H2,1-3H3,(H2,10,13);6-7H,5H2,1-4H3;6H,5H2,1-4H3,(H,10,11);3,5-6H,4H2,1-2H3,(H2,9,12);3-4H,1-2H3,(H2,8,9,10,11). The molecule has 1 aliphatic heterocycles. The molecule has 0 spiro atoms. The molecule has 27 nitrogen and oxygen atoms in total. The Morgan fingerprint density at radius 1 is 0.491 bits per heavy atom. The first-order valence-electron chi connectivity index (χ1n) is 38.4. The first-order valence-corrected chi connectivity index (χ1v) is 38.4. The number of nitrogens with two attached hydrogens (primary N) is 2. The Balaban J connectivity index is 0.000000266. The Morgan fingerprint density at radius 3 is 1.50 bits per heavy atom. The van der Waals surface area contributed by atoms with Gasteiger partial charge in [0.1, 0.15) is 36.4 Å². The third kappa shape index (κ3) is 29.7. The Morgan fingerprint density at radius 2 is 1.03 bits per heavy atom. The van der Waals surface area contributed by atoms with E-state index in [0.717, 1.165) is 87.3 Å². The largest absolute Gasteiger partial charge is 0.368 e. The van der Waals surface area contributed by atoms with Gasteiger partial charge in [0.15, 0.2) is 0 Å². The van der Waals surface area contributed by atoms with E-state index < -0.39 is 16.8 Å². The van der Waals surface area contributed by atoms with E-state index >= 15 is 0 Å². The molecule has 1 aliphatic rings. The van der Waals surface area contributed by atoms with Crippen molar-refractivity contribution in [3.05, 3.63) is 244 Å². The van der Waals surface area contributed by atoms with Crippen LogP contribution in [0.15, 0.2) is 154 Å². The molecule has 9 heterocycles. The van der Waals surface area contributed by atoms with E-state index in [2.05, 4.69) is 224 Å². The first kappa shape index (κ1) is 92.9. The van der Waals surface area contributed by atoms with Gasteiger partial charge in [0, 0.05) is 85.9 Å². The maximum Gasteiger partial charge on any atom is 0.325 e. The fraction of sp³-hybridized carbons (Fsp3) is 0.447. The number of aromatic nitrogens is 16. The Labute approximate surface area is 658 Å². The van der Waals surface area contributed by atoms with Gasteiger partial charge in [-0.2, -0.15) is 0 Å². The van der Waals surface area contributed by atoms with Crippen molar-refractivity contribution in [1.82, 2.24) is 88.7 Å². The number of carbonyl (C=O) groups is 3. The van der Waals surface area contributed by atoms with E-state index in [1.54, 1.807) is 27.9 Å².